The van der Waals surface area contributed by atoms with E-state index in [0.29, 0.717) is 0 Å². The van der Waals surface area contributed by atoms with Crippen molar-refractivity contribution >= 4 is 45.2 Å². The molecule has 0 saturated heterocycles. The third-order valence-corrected chi connectivity index (χ3v) is 8.73. The van der Waals surface area contributed by atoms with E-state index in [-0.39, 0.29) is 0 Å². The Labute approximate surface area is 249 Å². The number of aromatic nitrogens is 8. The van der Waals surface area contributed by atoms with Gasteiger partial charge in [0.1, 0.15) is 19.6 Å². The maximum Gasteiger partial charge on any atom is 0.129 e. The number of hydrogen-bond donors (Lipinski definition) is 2. The second-order valence-electron chi connectivity index (χ2n) is 10.6. The van der Waals surface area contributed by atoms with Gasteiger partial charge < -0.3 is 10.2 Å². The number of aryl methyl sites for hydroxylation is 4. The van der Waals surface area contributed by atoms with Gasteiger partial charge in [0.2, 0.25) is 0 Å². The standard InChI is InChI=1S/2C13H17IN4O/c2*1-8-10(7-18(15-8)5-9-3-4-9)12(19)11-6-17(2)16-13(11)14/h2*6-7,9,12,19H,3-5H2,1-2H3. The van der Waals surface area contributed by atoms with Gasteiger partial charge in [0.25, 0.3) is 0 Å². The molecule has 12 heteroatoms. The molecule has 0 spiro atoms. The summed E-state index contributed by atoms with van der Waals surface area (Å²) in [5.74, 6) is 1.56. The molecule has 10 nitrogen and oxygen atoms in total. The lowest BCUT2D eigenvalue weighted by atomic mass is 10.1. The topological polar surface area (TPSA) is 112 Å². The van der Waals surface area contributed by atoms with E-state index in [1.54, 1.807) is 9.36 Å². The molecule has 6 rings (SSSR count). The first-order chi connectivity index (χ1) is 18.1. The van der Waals surface area contributed by atoms with Gasteiger partial charge >= 0.3 is 0 Å². The van der Waals surface area contributed by atoms with Crippen LogP contribution >= 0.6 is 45.2 Å². The number of rotatable bonds is 8. The molecule has 2 atom stereocenters. The van der Waals surface area contributed by atoms with E-state index in [9.17, 15) is 10.2 Å². The van der Waals surface area contributed by atoms with Crippen LogP contribution in [0.3, 0.4) is 0 Å². The van der Waals surface area contributed by atoms with Gasteiger partial charge in [0.15, 0.2) is 0 Å². The van der Waals surface area contributed by atoms with Crippen LogP contribution < -0.4 is 0 Å². The third kappa shape index (κ3) is 6.50. The smallest absolute Gasteiger partial charge is 0.129 e. The van der Waals surface area contributed by atoms with Crippen LogP contribution in [0.1, 0.15) is 71.5 Å². The van der Waals surface area contributed by atoms with Crippen molar-refractivity contribution < 1.29 is 10.2 Å². The molecule has 4 aromatic heterocycles. The maximum absolute atomic E-state index is 10.5. The SMILES string of the molecule is Cc1nn(CC2CC2)cc1C(O)c1cn(C)nc1I.Cc1nn(CC2CC2)cc1C(O)c1cn(C)nc1I. The van der Waals surface area contributed by atoms with Gasteiger partial charge in [-0.15, -0.1) is 0 Å². The minimum absolute atomic E-state index is 0.645. The van der Waals surface area contributed by atoms with Gasteiger partial charge in [-0.05, 0) is 96.5 Å². The Kier molecular flexibility index (Phi) is 8.31. The van der Waals surface area contributed by atoms with Crippen LogP contribution in [0, 0.1) is 33.1 Å². The van der Waals surface area contributed by atoms with E-state index in [0.717, 1.165) is 66.0 Å². The van der Waals surface area contributed by atoms with Crippen LogP contribution in [-0.4, -0.2) is 49.3 Å². The molecule has 2 aliphatic carbocycles. The lowest BCUT2D eigenvalue weighted by Gasteiger charge is -2.07. The fourth-order valence-electron chi connectivity index (χ4n) is 4.58. The van der Waals surface area contributed by atoms with Crippen molar-refractivity contribution in [3.8, 4) is 0 Å². The molecule has 0 radical (unpaired) electrons. The molecule has 0 amide bonds. The van der Waals surface area contributed by atoms with E-state index in [1.807, 2.05) is 62.1 Å². The molecule has 2 unspecified atom stereocenters. The first kappa shape index (κ1) is 27.8. The third-order valence-electron chi connectivity index (χ3n) is 7.05. The first-order valence-electron chi connectivity index (χ1n) is 12.9. The van der Waals surface area contributed by atoms with Crippen molar-refractivity contribution in [2.45, 2.75) is 64.8 Å². The Morgan fingerprint density at radius 3 is 1.34 bits per heavy atom. The number of nitrogens with zero attached hydrogens (tertiary/aromatic N) is 8. The molecule has 2 fully saturated rings. The molecule has 0 aromatic carbocycles. The molecule has 204 valence electrons. The summed E-state index contributed by atoms with van der Waals surface area (Å²) in [6.45, 7) is 5.84. The highest BCUT2D eigenvalue weighted by Gasteiger charge is 2.26. The first-order valence-corrected chi connectivity index (χ1v) is 15.1. The molecule has 38 heavy (non-hydrogen) atoms. The van der Waals surface area contributed by atoms with Crippen molar-refractivity contribution in [1.29, 1.82) is 0 Å². The molecular weight excluding hydrogens is 710 g/mol. The highest BCUT2D eigenvalue weighted by atomic mass is 127. The Bertz CT molecular complexity index is 1310. The zero-order valence-corrected chi connectivity index (χ0v) is 26.4. The highest BCUT2D eigenvalue weighted by molar-refractivity contribution is 14.1. The second-order valence-corrected chi connectivity index (χ2v) is 12.6. The van der Waals surface area contributed by atoms with Crippen molar-refractivity contribution in [2.75, 3.05) is 0 Å². The summed E-state index contributed by atoms with van der Waals surface area (Å²) in [4.78, 5) is 0. The quantitative estimate of drug-likeness (QED) is 0.264. The Morgan fingerprint density at radius 2 is 1.05 bits per heavy atom. The van der Waals surface area contributed by atoms with Gasteiger partial charge in [-0.1, -0.05) is 0 Å². The number of hydrogen-bond acceptors (Lipinski definition) is 6. The van der Waals surface area contributed by atoms with Gasteiger partial charge in [-0.3, -0.25) is 18.7 Å². The van der Waals surface area contributed by atoms with E-state index >= 15 is 0 Å². The van der Waals surface area contributed by atoms with Crippen LogP contribution in [0.25, 0.3) is 0 Å². The lowest BCUT2D eigenvalue weighted by molar-refractivity contribution is 0.218. The zero-order chi connectivity index (χ0) is 27.1. The summed E-state index contributed by atoms with van der Waals surface area (Å²) in [7, 11) is 3.73. The molecule has 4 aromatic rings. The van der Waals surface area contributed by atoms with Crippen molar-refractivity contribution in [3.05, 3.63) is 65.8 Å². The fourth-order valence-corrected chi connectivity index (χ4v) is 6.13. The monoisotopic (exact) mass is 744 g/mol. The van der Waals surface area contributed by atoms with Gasteiger partial charge in [0, 0.05) is 74.2 Å². The molecule has 2 aliphatic rings. The van der Waals surface area contributed by atoms with Crippen LogP contribution in [0.4, 0.5) is 0 Å². The van der Waals surface area contributed by atoms with E-state index in [1.165, 1.54) is 25.7 Å². The summed E-state index contributed by atoms with van der Waals surface area (Å²) < 4.78 is 9.06. The number of aliphatic hydroxyl groups excluding tert-OH is 2. The number of aliphatic hydroxyl groups is 2. The van der Waals surface area contributed by atoms with Crippen molar-refractivity contribution in [2.24, 2.45) is 25.9 Å². The van der Waals surface area contributed by atoms with Crippen LogP contribution in [0.15, 0.2) is 24.8 Å². The lowest BCUT2D eigenvalue weighted by Crippen LogP contribution is -2.01. The Balaban J connectivity index is 0.000000155. The second kappa shape index (κ2) is 11.4. The average molecular weight is 744 g/mol. The van der Waals surface area contributed by atoms with Crippen LogP contribution in [0.2, 0.25) is 0 Å². The van der Waals surface area contributed by atoms with E-state index < -0.39 is 12.2 Å². The predicted octanol–water partition coefficient (Wildman–Crippen LogP) is 4.04. The van der Waals surface area contributed by atoms with Gasteiger partial charge in [0.05, 0.1) is 11.4 Å². The molecule has 0 aliphatic heterocycles. The Hall–Kier alpha value is -1.78. The molecule has 4 heterocycles. The summed E-state index contributed by atoms with van der Waals surface area (Å²) in [5.41, 5.74) is 5.24. The number of halogens is 2. The van der Waals surface area contributed by atoms with Crippen molar-refractivity contribution in [1.82, 2.24) is 39.1 Å². The molecule has 2 saturated carbocycles. The fraction of sp³-hybridized carbons (Fsp3) is 0.538. The summed E-state index contributed by atoms with van der Waals surface area (Å²) in [5, 5.41) is 38.6. The van der Waals surface area contributed by atoms with Crippen molar-refractivity contribution in [3.63, 3.8) is 0 Å². The normalized spacial score (nSPS) is 16.8. The highest BCUT2D eigenvalue weighted by Crippen LogP contribution is 2.33. The zero-order valence-electron chi connectivity index (χ0n) is 22.1. The maximum atomic E-state index is 10.5. The minimum Gasteiger partial charge on any atom is -0.383 e. The molecular formula is C26H34I2N8O2. The average Bonchev–Trinajstić information content (AvgIpc) is 3.71. The molecule has 0 bridgehead atoms. The predicted molar refractivity (Wildman–Crippen MR) is 159 cm³/mol. The van der Waals surface area contributed by atoms with Crippen LogP contribution in [-0.2, 0) is 27.2 Å². The summed E-state index contributed by atoms with van der Waals surface area (Å²) in [6.07, 6.45) is 11.6. The van der Waals surface area contributed by atoms with E-state index in [4.69, 9.17) is 0 Å². The van der Waals surface area contributed by atoms with Crippen LogP contribution in [0.5, 0.6) is 0 Å². The van der Waals surface area contributed by atoms with Gasteiger partial charge in [-0.25, -0.2) is 0 Å². The summed E-state index contributed by atoms with van der Waals surface area (Å²) in [6, 6.07) is 0. The van der Waals surface area contributed by atoms with E-state index in [2.05, 4.69) is 65.6 Å². The minimum atomic E-state index is -0.645. The van der Waals surface area contributed by atoms with Gasteiger partial charge in [-0.2, -0.15) is 20.4 Å². The molecule has 2 N–H and O–H groups in total. The largest absolute Gasteiger partial charge is 0.383 e. The summed E-state index contributed by atoms with van der Waals surface area (Å²) >= 11 is 4.30. The Morgan fingerprint density at radius 1 is 0.684 bits per heavy atom.